The number of hydrogen-bond acceptors (Lipinski definition) is 4. The van der Waals surface area contributed by atoms with Crippen LogP contribution in [0, 0.1) is 5.82 Å². The summed E-state index contributed by atoms with van der Waals surface area (Å²) in [5, 5.41) is 10.2. The molecule has 2 aliphatic heterocycles. The van der Waals surface area contributed by atoms with Gasteiger partial charge in [0.2, 0.25) is 0 Å². The van der Waals surface area contributed by atoms with Gasteiger partial charge in [-0.05, 0) is 69.6 Å². The van der Waals surface area contributed by atoms with Crippen LogP contribution >= 0.6 is 0 Å². The van der Waals surface area contributed by atoms with Crippen molar-refractivity contribution in [3.05, 3.63) is 30.1 Å². The maximum atomic E-state index is 12.8. The fourth-order valence-electron chi connectivity index (χ4n) is 3.68. The molecule has 0 aromatic heterocycles. The quantitative estimate of drug-likeness (QED) is 0.870. The van der Waals surface area contributed by atoms with Crippen molar-refractivity contribution in [2.24, 2.45) is 0 Å². The van der Waals surface area contributed by atoms with Crippen molar-refractivity contribution in [2.45, 2.75) is 37.8 Å². The highest BCUT2D eigenvalue weighted by molar-refractivity contribution is 5.22. The normalized spacial score (nSPS) is 24.7. The first kappa shape index (κ1) is 16.7. The van der Waals surface area contributed by atoms with Crippen molar-refractivity contribution in [1.29, 1.82) is 0 Å². The van der Waals surface area contributed by atoms with Gasteiger partial charge in [-0.15, -0.1) is 0 Å². The zero-order chi connectivity index (χ0) is 16.1. The molecule has 4 nitrogen and oxygen atoms in total. The Bertz CT molecular complexity index is 476. The van der Waals surface area contributed by atoms with Crippen molar-refractivity contribution >= 4 is 0 Å². The lowest BCUT2D eigenvalue weighted by atomic mass is 10.0. The smallest absolute Gasteiger partial charge is 0.123 e. The van der Waals surface area contributed by atoms with Crippen molar-refractivity contribution < 1.29 is 14.2 Å². The summed E-state index contributed by atoms with van der Waals surface area (Å²) in [5.74, 6) is 0.318. The molecule has 0 unspecified atom stereocenters. The van der Waals surface area contributed by atoms with Gasteiger partial charge in [0.1, 0.15) is 24.3 Å². The molecule has 0 saturated carbocycles. The Kier molecular flexibility index (Phi) is 5.86. The first-order chi connectivity index (χ1) is 11.2. The van der Waals surface area contributed by atoms with E-state index in [1.54, 1.807) is 12.1 Å². The Balaban J connectivity index is 1.41. The van der Waals surface area contributed by atoms with Gasteiger partial charge in [0.05, 0.1) is 0 Å². The summed E-state index contributed by atoms with van der Waals surface area (Å²) in [7, 11) is 0. The Morgan fingerprint density at radius 1 is 1.13 bits per heavy atom. The zero-order valence-corrected chi connectivity index (χ0v) is 13.7. The van der Waals surface area contributed by atoms with Gasteiger partial charge < -0.3 is 9.84 Å². The molecule has 0 spiro atoms. The Hall–Kier alpha value is -1.17. The molecule has 2 heterocycles. The highest BCUT2D eigenvalue weighted by Gasteiger charge is 2.27. The van der Waals surface area contributed by atoms with E-state index in [-0.39, 0.29) is 12.4 Å². The number of benzene rings is 1. The second-order valence-electron chi connectivity index (χ2n) is 6.72. The number of β-amino-alcohol motifs (C(OH)–C–C–N with tert-alkyl or cyclic N) is 1. The van der Waals surface area contributed by atoms with Crippen LogP contribution in [0.1, 0.15) is 25.7 Å². The van der Waals surface area contributed by atoms with Gasteiger partial charge >= 0.3 is 0 Å². The molecule has 0 radical (unpaired) electrons. The predicted octanol–water partition coefficient (Wildman–Crippen LogP) is 2.13. The van der Waals surface area contributed by atoms with Crippen molar-refractivity contribution in [3.63, 3.8) is 0 Å². The van der Waals surface area contributed by atoms with Crippen LogP contribution in [-0.4, -0.2) is 66.4 Å². The standard InChI is InChI=1S/C18H27FN2O2/c19-15-5-7-18(8-6-15)23-14-17(22)13-20-9-3-4-16(12-20)21-10-1-2-11-21/h5-8,16-17,22H,1-4,9-14H2/t16-,17-/m1/s1. The van der Waals surface area contributed by atoms with Crippen LogP contribution in [0.2, 0.25) is 0 Å². The monoisotopic (exact) mass is 322 g/mol. The van der Waals surface area contributed by atoms with Gasteiger partial charge in [0.25, 0.3) is 0 Å². The van der Waals surface area contributed by atoms with Crippen molar-refractivity contribution in [2.75, 3.05) is 39.3 Å². The molecule has 128 valence electrons. The van der Waals surface area contributed by atoms with E-state index in [0.717, 1.165) is 13.1 Å². The molecule has 0 amide bonds. The van der Waals surface area contributed by atoms with Gasteiger partial charge in [-0.2, -0.15) is 0 Å². The van der Waals surface area contributed by atoms with E-state index < -0.39 is 6.10 Å². The summed E-state index contributed by atoms with van der Waals surface area (Å²) >= 11 is 0. The third-order valence-corrected chi connectivity index (χ3v) is 4.86. The van der Waals surface area contributed by atoms with Gasteiger partial charge in [0.15, 0.2) is 0 Å². The highest BCUT2D eigenvalue weighted by Crippen LogP contribution is 2.20. The summed E-state index contributed by atoms with van der Waals surface area (Å²) in [6.45, 7) is 5.46. The van der Waals surface area contributed by atoms with E-state index in [1.165, 1.54) is 50.9 Å². The van der Waals surface area contributed by atoms with Gasteiger partial charge in [0, 0.05) is 19.1 Å². The van der Waals surface area contributed by atoms with Crippen LogP contribution in [0.5, 0.6) is 5.75 Å². The Morgan fingerprint density at radius 2 is 1.87 bits per heavy atom. The molecule has 2 aliphatic rings. The van der Waals surface area contributed by atoms with E-state index in [0.29, 0.717) is 18.3 Å². The second-order valence-corrected chi connectivity index (χ2v) is 6.72. The minimum absolute atomic E-state index is 0.247. The van der Waals surface area contributed by atoms with E-state index in [9.17, 15) is 9.50 Å². The molecule has 23 heavy (non-hydrogen) atoms. The number of nitrogens with zero attached hydrogens (tertiary/aromatic N) is 2. The number of aliphatic hydroxyl groups is 1. The zero-order valence-electron chi connectivity index (χ0n) is 13.7. The topological polar surface area (TPSA) is 35.9 Å². The van der Waals surface area contributed by atoms with E-state index in [4.69, 9.17) is 4.74 Å². The van der Waals surface area contributed by atoms with Crippen LogP contribution in [0.15, 0.2) is 24.3 Å². The number of ether oxygens (including phenoxy) is 1. The van der Waals surface area contributed by atoms with Crippen LogP contribution in [0.25, 0.3) is 0 Å². The minimum Gasteiger partial charge on any atom is -0.491 e. The first-order valence-corrected chi connectivity index (χ1v) is 8.73. The summed E-state index contributed by atoms with van der Waals surface area (Å²) < 4.78 is 18.4. The largest absolute Gasteiger partial charge is 0.491 e. The molecular weight excluding hydrogens is 295 g/mol. The number of piperidine rings is 1. The third kappa shape index (κ3) is 4.90. The Morgan fingerprint density at radius 3 is 2.61 bits per heavy atom. The van der Waals surface area contributed by atoms with Crippen LogP contribution in [0.3, 0.4) is 0 Å². The van der Waals surface area contributed by atoms with Crippen molar-refractivity contribution in [1.82, 2.24) is 9.80 Å². The summed E-state index contributed by atoms with van der Waals surface area (Å²) in [6, 6.07) is 6.56. The molecule has 2 saturated heterocycles. The van der Waals surface area contributed by atoms with Gasteiger partial charge in [-0.3, -0.25) is 9.80 Å². The maximum Gasteiger partial charge on any atom is 0.123 e. The summed E-state index contributed by atoms with van der Waals surface area (Å²) in [4.78, 5) is 4.96. The molecule has 0 bridgehead atoms. The van der Waals surface area contributed by atoms with E-state index in [1.807, 2.05) is 0 Å². The molecule has 5 heteroatoms. The molecule has 1 aromatic rings. The summed E-state index contributed by atoms with van der Waals surface area (Å²) in [5.41, 5.74) is 0. The Labute approximate surface area is 137 Å². The summed E-state index contributed by atoms with van der Waals surface area (Å²) in [6.07, 6.45) is 4.61. The molecule has 2 atom stereocenters. The molecule has 2 fully saturated rings. The maximum absolute atomic E-state index is 12.8. The minimum atomic E-state index is -0.516. The fraction of sp³-hybridized carbons (Fsp3) is 0.667. The van der Waals surface area contributed by atoms with Crippen LogP contribution < -0.4 is 4.74 Å². The third-order valence-electron chi connectivity index (χ3n) is 4.86. The van der Waals surface area contributed by atoms with Gasteiger partial charge in [-0.25, -0.2) is 4.39 Å². The molecular formula is C18H27FN2O2. The number of halogens is 1. The van der Waals surface area contributed by atoms with E-state index in [2.05, 4.69) is 9.80 Å². The predicted molar refractivity (Wildman–Crippen MR) is 88.2 cm³/mol. The molecule has 3 rings (SSSR count). The fourth-order valence-corrected chi connectivity index (χ4v) is 3.68. The second kappa shape index (κ2) is 8.08. The molecule has 1 N–H and O–H groups in total. The number of aliphatic hydroxyl groups excluding tert-OH is 1. The van der Waals surface area contributed by atoms with Crippen LogP contribution in [0.4, 0.5) is 4.39 Å². The lowest BCUT2D eigenvalue weighted by Crippen LogP contribution is -2.49. The first-order valence-electron chi connectivity index (χ1n) is 8.73. The van der Waals surface area contributed by atoms with Gasteiger partial charge in [-0.1, -0.05) is 0 Å². The lowest BCUT2D eigenvalue weighted by molar-refractivity contribution is 0.0416. The molecule has 0 aliphatic carbocycles. The average Bonchev–Trinajstić information content (AvgIpc) is 3.09. The van der Waals surface area contributed by atoms with Crippen molar-refractivity contribution in [3.8, 4) is 5.75 Å². The SMILES string of the molecule is O[C@@H](COc1ccc(F)cc1)CN1CCC[C@@H](N2CCCC2)C1. The number of rotatable bonds is 6. The highest BCUT2D eigenvalue weighted by atomic mass is 19.1. The molecule has 1 aromatic carbocycles. The van der Waals surface area contributed by atoms with E-state index >= 15 is 0 Å². The lowest BCUT2D eigenvalue weighted by Gasteiger charge is -2.38. The average molecular weight is 322 g/mol. The van der Waals surface area contributed by atoms with Crippen LogP contribution in [-0.2, 0) is 0 Å². The number of hydrogen-bond donors (Lipinski definition) is 1. The number of likely N-dealkylation sites (tertiary alicyclic amines) is 2.